The van der Waals surface area contributed by atoms with E-state index in [0.717, 1.165) is 47.4 Å². The van der Waals surface area contributed by atoms with E-state index in [1.807, 2.05) is 55.7 Å². The molecule has 1 saturated carbocycles. The van der Waals surface area contributed by atoms with Gasteiger partial charge in [0.05, 0.1) is 18.3 Å². The van der Waals surface area contributed by atoms with Crippen molar-refractivity contribution < 1.29 is 14.6 Å². The lowest BCUT2D eigenvalue weighted by Gasteiger charge is -2.48. The summed E-state index contributed by atoms with van der Waals surface area (Å²) in [7, 11) is 1.85. The van der Waals surface area contributed by atoms with Crippen molar-refractivity contribution in [3.05, 3.63) is 65.9 Å². The molecule has 3 aromatic rings. The fourth-order valence-electron chi connectivity index (χ4n) is 5.19. The lowest BCUT2D eigenvalue weighted by Crippen LogP contribution is -2.52. The minimum atomic E-state index is -0.745. The second-order valence-electron chi connectivity index (χ2n) is 9.90. The quantitative estimate of drug-likeness (QED) is 0.463. The highest BCUT2D eigenvalue weighted by atomic mass is 16.5. The van der Waals surface area contributed by atoms with Gasteiger partial charge in [0.2, 0.25) is 5.91 Å². The van der Waals surface area contributed by atoms with Gasteiger partial charge in [-0.1, -0.05) is 35.5 Å². The predicted octanol–water partition coefficient (Wildman–Crippen LogP) is 2.93. The summed E-state index contributed by atoms with van der Waals surface area (Å²) in [5, 5.41) is 26.0. The SMILES string of the molecule is CC(=O)N[C@@H](Cc1ccccc1)[C@@H](O)CN[C@H]1CC2(CCC2)Oc2ccc(-c3cn(C)nn3)cc21. The molecular weight excluding hydrogens is 442 g/mol. The molecule has 2 aliphatic rings. The van der Waals surface area contributed by atoms with E-state index in [4.69, 9.17) is 4.74 Å². The van der Waals surface area contributed by atoms with Gasteiger partial charge in [-0.3, -0.25) is 9.48 Å². The summed E-state index contributed by atoms with van der Waals surface area (Å²) in [4.78, 5) is 11.9. The first-order valence-electron chi connectivity index (χ1n) is 12.3. The molecule has 1 aliphatic carbocycles. The van der Waals surface area contributed by atoms with Gasteiger partial charge in [-0.25, -0.2) is 0 Å². The van der Waals surface area contributed by atoms with Gasteiger partial charge in [0.25, 0.3) is 0 Å². The number of nitrogens with one attached hydrogen (secondary N) is 2. The number of hydrogen-bond acceptors (Lipinski definition) is 6. The van der Waals surface area contributed by atoms with Gasteiger partial charge in [0, 0.05) is 44.1 Å². The minimum Gasteiger partial charge on any atom is -0.487 e. The number of ether oxygens (including phenoxy) is 1. The summed E-state index contributed by atoms with van der Waals surface area (Å²) in [6.45, 7) is 1.84. The first kappa shape index (κ1) is 23.5. The summed E-state index contributed by atoms with van der Waals surface area (Å²) in [6, 6.07) is 15.7. The highest BCUT2D eigenvalue weighted by Gasteiger charge is 2.45. The molecule has 8 nitrogen and oxygen atoms in total. The maximum atomic E-state index is 11.9. The monoisotopic (exact) mass is 475 g/mol. The van der Waals surface area contributed by atoms with Crippen LogP contribution in [0.2, 0.25) is 0 Å². The van der Waals surface area contributed by atoms with Crippen molar-refractivity contribution in [3.8, 4) is 17.0 Å². The molecule has 35 heavy (non-hydrogen) atoms. The van der Waals surface area contributed by atoms with Crippen LogP contribution in [0.25, 0.3) is 11.3 Å². The largest absolute Gasteiger partial charge is 0.487 e. The minimum absolute atomic E-state index is 0.0278. The van der Waals surface area contributed by atoms with Crippen molar-refractivity contribution in [1.29, 1.82) is 0 Å². The van der Waals surface area contributed by atoms with E-state index in [0.29, 0.717) is 13.0 Å². The molecule has 2 heterocycles. The third-order valence-electron chi connectivity index (χ3n) is 7.18. The van der Waals surface area contributed by atoms with Crippen LogP contribution in [0, 0.1) is 0 Å². The van der Waals surface area contributed by atoms with Crippen LogP contribution in [-0.4, -0.2) is 50.3 Å². The fraction of sp³-hybridized carbons (Fsp3) is 0.444. The summed E-state index contributed by atoms with van der Waals surface area (Å²) in [6.07, 6.45) is 5.82. The number of carbonyl (C=O) groups is 1. The molecule has 184 valence electrons. The van der Waals surface area contributed by atoms with Gasteiger partial charge in [-0.05, 0) is 49.4 Å². The number of fused-ring (bicyclic) bond motifs is 1. The Bertz CT molecular complexity index is 1170. The number of hydrogen-bond donors (Lipinski definition) is 3. The van der Waals surface area contributed by atoms with Crippen molar-refractivity contribution >= 4 is 5.91 Å². The molecule has 5 rings (SSSR count). The van der Waals surface area contributed by atoms with Gasteiger partial charge >= 0.3 is 0 Å². The Labute approximate surface area is 205 Å². The third kappa shape index (κ3) is 5.23. The van der Waals surface area contributed by atoms with E-state index in [9.17, 15) is 9.90 Å². The zero-order valence-electron chi connectivity index (χ0n) is 20.3. The van der Waals surface area contributed by atoms with E-state index in [1.165, 1.54) is 13.3 Å². The maximum absolute atomic E-state index is 11.9. The van der Waals surface area contributed by atoms with E-state index in [-0.39, 0.29) is 23.6 Å². The molecule has 1 amide bonds. The molecule has 1 fully saturated rings. The fourth-order valence-corrected chi connectivity index (χ4v) is 5.19. The second-order valence-corrected chi connectivity index (χ2v) is 9.90. The van der Waals surface area contributed by atoms with Crippen LogP contribution >= 0.6 is 0 Å². The molecule has 0 saturated heterocycles. The zero-order valence-corrected chi connectivity index (χ0v) is 20.3. The van der Waals surface area contributed by atoms with Crippen molar-refractivity contribution in [3.63, 3.8) is 0 Å². The number of aryl methyl sites for hydroxylation is 1. The summed E-state index contributed by atoms with van der Waals surface area (Å²) < 4.78 is 8.16. The number of aliphatic hydroxyl groups excluding tert-OH is 1. The molecule has 0 unspecified atom stereocenters. The summed E-state index contributed by atoms with van der Waals surface area (Å²) >= 11 is 0. The van der Waals surface area contributed by atoms with Gasteiger partial charge in [-0.2, -0.15) is 0 Å². The highest BCUT2D eigenvalue weighted by Crippen LogP contribution is 2.49. The second kappa shape index (κ2) is 9.79. The Kier molecular flexibility index (Phi) is 6.58. The number of benzene rings is 2. The van der Waals surface area contributed by atoms with E-state index < -0.39 is 6.10 Å². The van der Waals surface area contributed by atoms with Crippen LogP contribution in [0.15, 0.2) is 54.7 Å². The van der Waals surface area contributed by atoms with E-state index in [2.05, 4.69) is 27.0 Å². The average molecular weight is 476 g/mol. The lowest BCUT2D eigenvalue weighted by atomic mass is 9.72. The van der Waals surface area contributed by atoms with Crippen molar-refractivity contribution in [2.45, 2.75) is 62.8 Å². The Morgan fingerprint density at radius 3 is 2.71 bits per heavy atom. The average Bonchev–Trinajstić information content (AvgIpc) is 3.27. The van der Waals surface area contributed by atoms with E-state index in [1.54, 1.807) is 4.68 Å². The first-order valence-corrected chi connectivity index (χ1v) is 12.3. The Hall–Kier alpha value is -3.23. The Balaban J connectivity index is 1.35. The highest BCUT2D eigenvalue weighted by molar-refractivity contribution is 5.73. The van der Waals surface area contributed by atoms with Gasteiger partial charge < -0.3 is 20.5 Å². The number of rotatable bonds is 8. The maximum Gasteiger partial charge on any atom is 0.217 e. The van der Waals surface area contributed by atoms with Crippen LogP contribution in [0.1, 0.15) is 49.8 Å². The van der Waals surface area contributed by atoms with Crippen LogP contribution < -0.4 is 15.4 Å². The van der Waals surface area contributed by atoms with Gasteiger partial charge in [0.1, 0.15) is 17.0 Å². The molecule has 8 heteroatoms. The summed E-state index contributed by atoms with van der Waals surface area (Å²) in [5.41, 5.74) is 3.80. The van der Waals surface area contributed by atoms with Crippen LogP contribution in [0.4, 0.5) is 0 Å². The topological polar surface area (TPSA) is 101 Å². The van der Waals surface area contributed by atoms with Crippen LogP contribution in [0.5, 0.6) is 5.75 Å². The van der Waals surface area contributed by atoms with Gasteiger partial charge in [0.15, 0.2) is 0 Å². The molecule has 0 radical (unpaired) electrons. The number of nitrogens with zero attached hydrogens (tertiary/aromatic N) is 3. The Morgan fingerprint density at radius 2 is 2.06 bits per heavy atom. The third-order valence-corrected chi connectivity index (χ3v) is 7.18. The molecule has 1 aromatic heterocycles. The number of carbonyl (C=O) groups excluding carboxylic acids is 1. The van der Waals surface area contributed by atoms with Gasteiger partial charge in [-0.15, -0.1) is 5.10 Å². The molecule has 0 bridgehead atoms. The number of aliphatic hydroxyl groups is 1. The molecular formula is C27H33N5O3. The first-order chi connectivity index (χ1) is 16.9. The van der Waals surface area contributed by atoms with Crippen LogP contribution in [0.3, 0.4) is 0 Å². The molecule has 1 spiro atoms. The van der Waals surface area contributed by atoms with Crippen LogP contribution in [-0.2, 0) is 18.3 Å². The smallest absolute Gasteiger partial charge is 0.217 e. The standard InChI is InChI=1S/C27H33N5O3/c1-18(33)29-22(13-19-7-4-3-5-8-19)25(34)16-28-23-15-27(11-6-12-27)35-26-10-9-20(14-21(23)26)24-17-32(2)31-30-24/h3-5,7-10,14,17,22-23,25,28,34H,6,11-13,15-16H2,1-2H3,(H,29,33)/t22-,23-,25-/m0/s1. The normalized spacial score (nSPS) is 19.8. The molecule has 3 N–H and O–H groups in total. The van der Waals surface area contributed by atoms with Crippen molar-refractivity contribution in [1.82, 2.24) is 25.6 Å². The predicted molar refractivity (Wildman–Crippen MR) is 133 cm³/mol. The molecule has 1 aliphatic heterocycles. The Morgan fingerprint density at radius 1 is 1.26 bits per heavy atom. The number of aromatic nitrogens is 3. The number of amides is 1. The van der Waals surface area contributed by atoms with Crippen molar-refractivity contribution in [2.75, 3.05) is 6.54 Å². The van der Waals surface area contributed by atoms with E-state index >= 15 is 0 Å². The zero-order chi connectivity index (χ0) is 24.4. The molecule has 2 aromatic carbocycles. The summed E-state index contributed by atoms with van der Waals surface area (Å²) in [5.74, 6) is 0.738. The van der Waals surface area contributed by atoms with Crippen molar-refractivity contribution in [2.24, 2.45) is 7.05 Å². The lowest BCUT2D eigenvalue weighted by molar-refractivity contribution is -0.120. The molecule has 3 atom stereocenters.